The largest absolute Gasteiger partial charge is 0.347 e. The van der Waals surface area contributed by atoms with Crippen molar-refractivity contribution in [1.29, 1.82) is 0 Å². The van der Waals surface area contributed by atoms with Crippen LogP contribution in [0.2, 0.25) is 0 Å². The fraction of sp³-hybridized carbons (Fsp3) is 0.462. The van der Waals surface area contributed by atoms with Gasteiger partial charge in [-0.15, -0.1) is 0 Å². The molecule has 0 fully saturated rings. The van der Waals surface area contributed by atoms with Crippen LogP contribution in [0.1, 0.15) is 37.0 Å². The number of halogens is 2. The van der Waals surface area contributed by atoms with E-state index < -0.39 is 23.1 Å². The molecule has 1 unspecified atom stereocenters. The van der Waals surface area contributed by atoms with Crippen LogP contribution in [-0.4, -0.2) is 18.0 Å². The Bertz CT molecular complexity index is 437. The van der Waals surface area contributed by atoms with E-state index in [4.69, 9.17) is 5.73 Å². The minimum atomic E-state index is -1.03. The lowest BCUT2D eigenvalue weighted by Crippen LogP contribution is -2.46. The molecule has 1 aromatic carbocycles. The third-order valence-corrected chi connectivity index (χ3v) is 3.07. The average Bonchev–Trinajstić information content (AvgIpc) is 2.32. The van der Waals surface area contributed by atoms with E-state index in [1.165, 1.54) is 6.07 Å². The van der Waals surface area contributed by atoms with Crippen LogP contribution < -0.4 is 11.1 Å². The van der Waals surface area contributed by atoms with E-state index in [-0.39, 0.29) is 5.56 Å². The monoisotopic (exact) mass is 256 g/mol. The highest BCUT2D eigenvalue weighted by Gasteiger charge is 2.24. The molecule has 1 aromatic rings. The van der Waals surface area contributed by atoms with Gasteiger partial charge in [-0.2, -0.15) is 0 Å². The maximum Gasteiger partial charge on any atom is 0.251 e. The molecule has 0 spiro atoms. The van der Waals surface area contributed by atoms with E-state index >= 15 is 0 Å². The Kier molecular flexibility index (Phi) is 4.78. The first-order valence-corrected chi connectivity index (χ1v) is 5.89. The Labute approximate surface area is 105 Å². The fourth-order valence-corrected chi connectivity index (χ4v) is 1.63. The summed E-state index contributed by atoms with van der Waals surface area (Å²) in [4.78, 5) is 11.9. The van der Waals surface area contributed by atoms with Gasteiger partial charge in [0.1, 0.15) is 0 Å². The number of rotatable bonds is 5. The number of carbonyl (C=O) groups is 1. The number of amides is 1. The van der Waals surface area contributed by atoms with E-state index in [0.717, 1.165) is 12.1 Å². The predicted octanol–water partition coefficient (Wildman–Crippen LogP) is 2.21. The summed E-state index contributed by atoms with van der Waals surface area (Å²) in [5.74, 6) is -2.42. The zero-order chi connectivity index (χ0) is 13.8. The van der Waals surface area contributed by atoms with Crippen molar-refractivity contribution >= 4 is 5.91 Å². The average molecular weight is 256 g/mol. The summed E-state index contributed by atoms with van der Waals surface area (Å²) in [5.41, 5.74) is 5.16. The molecule has 0 aliphatic rings. The molecular formula is C13H18F2N2O. The maximum atomic E-state index is 13.0. The highest BCUT2D eigenvalue weighted by molar-refractivity contribution is 5.94. The molecule has 1 amide bonds. The second-order valence-corrected chi connectivity index (χ2v) is 4.54. The van der Waals surface area contributed by atoms with Gasteiger partial charge in [-0.1, -0.05) is 6.92 Å². The van der Waals surface area contributed by atoms with Gasteiger partial charge in [-0.25, -0.2) is 8.78 Å². The van der Waals surface area contributed by atoms with E-state index in [1.54, 1.807) is 0 Å². The summed E-state index contributed by atoms with van der Waals surface area (Å²) in [6, 6.07) is 3.09. The molecule has 100 valence electrons. The van der Waals surface area contributed by atoms with Crippen molar-refractivity contribution in [3.8, 4) is 0 Å². The van der Waals surface area contributed by atoms with Crippen molar-refractivity contribution in [2.75, 3.05) is 6.54 Å². The minimum Gasteiger partial charge on any atom is -0.347 e. The zero-order valence-corrected chi connectivity index (χ0v) is 10.6. The topological polar surface area (TPSA) is 55.1 Å². The van der Waals surface area contributed by atoms with Gasteiger partial charge in [-0.3, -0.25) is 4.79 Å². The summed E-state index contributed by atoms with van der Waals surface area (Å²) < 4.78 is 25.8. The Morgan fingerprint density at radius 1 is 1.39 bits per heavy atom. The van der Waals surface area contributed by atoms with Crippen LogP contribution in [0, 0.1) is 11.6 Å². The van der Waals surface area contributed by atoms with Crippen molar-refractivity contribution in [3.63, 3.8) is 0 Å². The van der Waals surface area contributed by atoms with E-state index in [1.807, 2.05) is 13.8 Å². The predicted molar refractivity (Wildman–Crippen MR) is 66.2 cm³/mol. The fourth-order valence-electron chi connectivity index (χ4n) is 1.63. The van der Waals surface area contributed by atoms with E-state index in [0.29, 0.717) is 19.4 Å². The summed E-state index contributed by atoms with van der Waals surface area (Å²) in [6.45, 7) is 4.25. The van der Waals surface area contributed by atoms with Crippen LogP contribution in [0.15, 0.2) is 18.2 Å². The van der Waals surface area contributed by atoms with Crippen LogP contribution in [0.4, 0.5) is 8.78 Å². The van der Waals surface area contributed by atoms with E-state index in [9.17, 15) is 13.6 Å². The van der Waals surface area contributed by atoms with Crippen molar-refractivity contribution < 1.29 is 13.6 Å². The first-order chi connectivity index (χ1) is 8.41. The number of nitrogens with two attached hydrogens (primary N) is 1. The molecule has 3 nitrogen and oxygen atoms in total. The van der Waals surface area contributed by atoms with Gasteiger partial charge in [0.2, 0.25) is 0 Å². The molecule has 0 bridgehead atoms. The van der Waals surface area contributed by atoms with Crippen molar-refractivity contribution in [1.82, 2.24) is 5.32 Å². The van der Waals surface area contributed by atoms with Crippen LogP contribution in [-0.2, 0) is 0 Å². The van der Waals surface area contributed by atoms with Gasteiger partial charge in [0.15, 0.2) is 11.6 Å². The third kappa shape index (κ3) is 3.50. The van der Waals surface area contributed by atoms with Crippen molar-refractivity contribution in [2.24, 2.45) is 5.73 Å². The summed E-state index contributed by atoms with van der Waals surface area (Å²) in [7, 11) is 0. The van der Waals surface area contributed by atoms with Gasteiger partial charge in [0.05, 0.1) is 0 Å². The highest BCUT2D eigenvalue weighted by Crippen LogP contribution is 2.15. The van der Waals surface area contributed by atoms with Crippen molar-refractivity contribution in [2.45, 2.75) is 32.2 Å². The van der Waals surface area contributed by atoms with Crippen molar-refractivity contribution in [3.05, 3.63) is 35.4 Å². The van der Waals surface area contributed by atoms with Gasteiger partial charge >= 0.3 is 0 Å². The Morgan fingerprint density at radius 2 is 2.06 bits per heavy atom. The second-order valence-electron chi connectivity index (χ2n) is 4.54. The Morgan fingerprint density at radius 3 is 2.56 bits per heavy atom. The van der Waals surface area contributed by atoms with E-state index in [2.05, 4.69) is 5.32 Å². The molecule has 1 atom stereocenters. The first-order valence-electron chi connectivity index (χ1n) is 5.89. The second kappa shape index (κ2) is 5.91. The zero-order valence-electron chi connectivity index (χ0n) is 10.6. The van der Waals surface area contributed by atoms with Crippen LogP contribution >= 0.6 is 0 Å². The molecule has 0 radical (unpaired) electrons. The highest BCUT2D eigenvalue weighted by atomic mass is 19.2. The summed E-state index contributed by atoms with van der Waals surface area (Å²) >= 11 is 0. The number of carbonyl (C=O) groups excluding carboxylic acids is 1. The molecule has 0 aromatic heterocycles. The Balaban J connectivity index is 2.84. The maximum absolute atomic E-state index is 13.0. The van der Waals surface area contributed by atoms with Gasteiger partial charge in [0, 0.05) is 11.1 Å². The molecule has 0 aliphatic heterocycles. The molecule has 1 rings (SSSR count). The molecule has 0 heterocycles. The summed E-state index contributed by atoms with van der Waals surface area (Å²) in [5, 5.41) is 2.80. The Hall–Kier alpha value is -1.49. The minimum absolute atomic E-state index is 0.102. The molecule has 0 saturated heterocycles. The smallest absolute Gasteiger partial charge is 0.251 e. The quantitative estimate of drug-likeness (QED) is 0.848. The summed E-state index contributed by atoms with van der Waals surface area (Å²) in [6.07, 6.45) is 1.33. The molecule has 18 heavy (non-hydrogen) atoms. The van der Waals surface area contributed by atoms with Gasteiger partial charge < -0.3 is 11.1 Å². The standard InChI is InChI=1S/C13H18F2N2O/c1-3-13(2,6-7-16)17-12(18)9-4-5-10(14)11(15)8-9/h4-5,8H,3,6-7,16H2,1-2H3,(H,17,18). The van der Waals surface area contributed by atoms with Crippen LogP contribution in [0.3, 0.4) is 0 Å². The van der Waals surface area contributed by atoms with Gasteiger partial charge in [0.25, 0.3) is 5.91 Å². The lowest BCUT2D eigenvalue weighted by molar-refractivity contribution is 0.0899. The molecular weight excluding hydrogens is 238 g/mol. The van der Waals surface area contributed by atoms with Crippen LogP contribution in [0.25, 0.3) is 0 Å². The molecule has 0 aliphatic carbocycles. The lowest BCUT2D eigenvalue weighted by atomic mass is 9.94. The van der Waals surface area contributed by atoms with Gasteiger partial charge in [-0.05, 0) is 44.5 Å². The molecule has 0 saturated carbocycles. The number of nitrogens with one attached hydrogen (secondary N) is 1. The third-order valence-electron chi connectivity index (χ3n) is 3.07. The SMILES string of the molecule is CCC(C)(CCN)NC(=O)c1ccc(F)c(F)c1. The normalized spacial score (nSPS) is 14.1. The number of hydrogen-bond acceptors (Lipinski definition) is 2. The molecule has 5 heteroatoms. The number of benzene rings is 1. The number of hydrogen-bond donors (Lipinski definition) is 2. The molecule has 3 N–H and O–H groups in total. The lowest BCUT2D eigenvalue weighted by Gasteiger charge is -2.29. The van der Waals surface area contributed by atoms with Crippen LogP contribution in [0.5, 0.6) is 0 Å². The first kappa shape index (κ1) is 14.6.